The molecule has 0 radical (unpaired) electrons. The van der Waals surface area contributed by atoms with Crippen LogP contribution in [0, 0.1) is 0 Å². The first kappa shape index (κ1) is 13.2. The predicted octanol–water partition coefficient (Wildman–Crippen LogP) is 0.640. The summed E-state index contributed by atoms with van der Waals surface area (Å²) in [6.45, 7) is 0. The molecule has 21 heavy (non-hydrogen) atoms. The van der Waals surface area contributed by atoms with E-state index in [9.17, 15) is 14.4 Å². The van der Waals surface area contributed by atoms with Crippen LogP contribution < -0.4 is 0 Å². The number of fused-ring (bicyclic) bond motifs is 2. The standard InChI is InChI=1S/C14H10O7/c1-18-10-9(12(16)19-2)14(21-13(10)17)8-6-4-3-5-7(8)11(15)20-14/h3-6H,1-2H3. The lowest BCUT2D eigenvalue weighted by atomic mass is 9.96. The van der Waals surface area contributed by atoms with Gasteiger partial charge in [-0.1, -0.05) is 12.1 Å². The van der Waals surface area contributed by atoms with E-state index in [2.05, 4.69) is 4.74 Å². The van der Waals surface area contributed by atoms with E-state index < -0.39 is 23.7 Å². The van der Waals surface area contributed by atoms with Crippen LogP contribution in [0.25, 0.3) is 0 Å². The highest BCUT2D eigenvalue weighted by Gasteiger charge is 2.61. The first-order chi connectivity index (χ1) is 10.0. The zero-order valence-electron chi connectivity index (χ0n) is 11.2. The first-order valence-corrected chi connectivity index (χ1v) is 5.98. The number of carbonyl (C=O) groups excluding carboxylic acids is 3. The van der Waals surface area contributed by atoms with Gasteiger partial charge in [0.1, 0.15) is 0 Å². The van der Waals surface area contributed by atoms with Crippen LogP contribution in [0.15, 0.2) is 35.6 Å². The molecule has 0 fully saturated rings. The molecule has 2 heterocycles. The first-order valence-electron chi connectivity index (χ1n) is 5.98. The highest BCUT2D eigenvalue weighted by Crippen LogP contribution is 2.48. The Morgan fingerprint density at radius 1 is 1.10 bits per heavy atom. The van der Waals surface area contributed by atoms with Gasteiger partial charge >= 0.3 is 23.7 Å². The van der Waals surface area contributed by atoms with Gasteiger partial charge in [-0.2, -0.15) is 0 Å². The average molecular weight is 290 g/mol. The van der Waals surface area contributed by atoms with E-state index in [1.54, 1.807) is 12.1 Å². The fourth-order valence-corrected chi connectivity index (χ4v) is 2.44. The summed E-state index contributed by atoms with van der Waals surface area (Å²) in [7, 11) is 2.35. The summed E-state index contributed by atoms with van der Waals surface area (Å²) in [4.78, 5) is 35.9. The molecule has 7 nitrogen and oxygen atoms in total. The molecule has 0 N–H and O–H groups in total. The van der Waals surface area contributed by atoms with Crippen LogP contribution in [-0.2, 0) is 34.3 Å². The molecule has 0 aliphatic carbocycles. The number of hydrogen-bond donors (Lipinski definition) is 0. The topological polar surface area (TPSA) is 88.1 Å². The number of esters is 3. The Hall–Kier alpha value is -2.83. The Morgan fingerprint density at radius 3 is 2.43 bits per heavy atom. The molecule has 0 saturated carbocycles. The summed E-state index contributed by atoms with van der Waals surface area (Å²) in [6.07, 6.45) is 0. The quantitative estimate of drug-likeness (QED) is 0.738. The van der Waals surface area contributed by atoms with Crippen molar-refractivity contribution >= 4 is 17.9 Å². The SMILES string of the molecule is COC(=O)C1=C(OC)C(=O)OC12OC(=O)c1ccccc12. The second-order valence-corrected chi connectivity index (χ2v) is 4.34. The maximum Gasteiger partial charge on any atom is 0.378 e. The third kappa shape index (κ3) is 1.57. The van der Waals surface area contributed by atoms with Crippen molar-refractivity contribution in [3.8, 4) is 0 Å². The molecule has 1 spiro atoms. The van der Waals surface area contributed by atoms with Gasteiger partial charge in [0.2, 0.25) is 5.76 Å². The Balaban J connectivity index is 2.28. The van der Waals surface area contributed by atoms with Crippen LogP contribution in [-0.4, -0.2) is 32.1 Å². The third-order valence-electron chi connectivity index (χ3n) is 3.31. The second kappa shape index (κ2) is 4.34. The molecular weight excluding hydrogens is 280 g/mol. The van der Waals surface area contributed by atoms with Gasteiger partial charge in [0, 0.05) is 0 Å². The summed E-state index contributed by atoms with van der Waals surface area (Å²) in [5, 5.41) is 0. The summed E-state index contributed by atoms with van der Waals surface area (Å²) in [5.41, 5.74) is 0.190. The summed E-state index contributed by atoms with van der Waals surface area (Å²) in [5.74, 6) is -4.75. The lowest BCUT2D eigenvalue weighted by molar-refractivity contribution is -0.185. The van der Waals surface area contributed by atoms with Gasteiger partial charge in [-0.05, 0) is 12.1 Å². The largest absolute Gasteiger partial charge is 0.489 e. The van der Waals surface area contributed by atoms with Crippen molar-refractivity contribution in [3.05, 3.63) is 46.7 Å². The van der Waals surface area contributed by atoms with E-state index >= 15 is 0 Å². The van der Waals surface area contributed by atoms with Gasteiger partial charge in [0.15, 0.2) is 5.57 Å². The minimum Gasteiger partial charge on any atom is -0.489 e. The van der Waals surface area contributed by atoms with Crippen molar-refractivity contribution in [2.24, 2.45) is 0 Å². The van der Waals surface area contributed by atoms with Crippen molar-refractivity contribution in [2.45, 2.75) is 5.79 Å². The molecule has 3 rings (SSSR count). The van der Waals surface area contributed by atoms with Crippen molar-refractivity contribution in [2.75, 3.05) is 14.2 Å². The van der Waals surface area contributed by atoms with E-state index in [4.69, 9.17) is 14.2 Å². The highest BCUT2D eigenvalue weighted by atomic mass is 16.8. The number of hydrogen-bond acceptors (Lipinski definition) is 7. The molecule has 2 aliphatic heterocycles. The lowest BCUT2D eigenvalue weighted by Crippen LogP contribution is -2.33. The van der Waals surface area contributed by atoms with Crippen molar-refractivity contribution in [3.63, 3.8) is 0 Å². The van der Waals surface area contributed by atoms with Crippen LogP contribution in [0.1, 0.15) is 15.9 Å². The molecule has 0 aromatic heterocycles. The molecule has 0 amide bonds. The normalized spacial score (nSPS) is 23.0. The fourth-order valence-electron chi connectivity index (χ4n) is 2.44. The summed E-state index contributed by atoms with van der Waals surface area (Å²) < 4.78 is 19.9. The van der Waals surface area contributed by atoms with E-state index in [0.29, 0.717) is 0 Å². The van der Waals surface area contributed by atoms with Crippen LogP contribution >= 0.6 is 0 Å². The van der Waals surface area contributed by atoms with E-state index in [-0.39, 0.29) is 22.5 Å². The maximum atomic E-state index is 12.0. The van der Waals surface area contributed by atoms with Crippen molar-refractivity contribution < 1.29 is 33.3 Å². The number of carbonyl (C=O) groups is 3. The molecule has 108 valence electrons. The van der Waals surface area contributed by atoms with Gasteiger partial charge in [-0.3, -0.25) is 0 Å². The van der Waals surface area contributed by atoms with Crippen LogP contribution in [0.2, 0.25) is 0 Å². The molecule has 2 aliphatic rings. The number of ether oxygens (including phenoxy) is 4. The molecule has 1 aromatic rings. The van der Waals surface area contributed by atoms with Crippen LogP contribution in [0.4, 0.5) is 0 Å². The van der Waals surface area contributed by atoms with Gasteiger partial charge < -0.3 is 18.9 Å². The molecule has 0 bridgehead atoms. The minimum absolute atomic E-state index is 0.212. The third-order valence-corrected chi connectivity index (χ3v) is 3.31. The zero-order chi connectivity index (χ0) is 15.2. The second-order valence-electron chi connectivity index (χ2n) is 4.34. The van der Waals surface area contributed by atoms with E-state index in [1.807, 2.05) is 0 Å². The molecule has 1 aromatic carbocycles. The zero-order valence-corrected chi connectivity index (χ0v) is 11.2. The monoisotopic (exact) mass is 290 g/mol. The summed E-state index contributed by atoms with van der Waals surface area (Å²) in [6, 6.07) is 6.32. The van der Waals surface area contributed by atoms with Crippen LogP contribution in [0.3, 0.4) is 0 Å². The number of methoxy groups -OCH3 is 2. The summed E-state index contributed by atoms with van der Waals surface area (Å²) >= 11 is 0. The Kier molecular flexibility index (Phi) is 2.72. The Labute approximate surface area is 119 Å². The lowest BCUT2D eigenvalue weighted by Gasteiger charge is -2.23. The number of rotatable bonds is 2. The smallest absolute Gasteiger partial charge is 0.378 e. The highest BCUT2D eigenvalue weighted by molar-refractivity contribution is 6.07. The van der Waals surface area contributed by atoms with Gasteiger partial charge in [0.25, 0.3) is 0 Å². The van der Waals surface area contributed by atoms with Crippen molar-refractivity contribution in [1.82, 2.24) is 0 Å². The molecule has 1 unspecified atom stereocenters. The predicted molar refractivity (Wildman–Crippen MR) is 65.7 cm³/mol. The Bertz CT molecular complexity index is 703. The fraction of sp³-hybridized carbons (Fsp3) is 0.214. The molecular formula is C14H10O7. The maximum absolute atomic E-state index is 12.0. The van der Waals surface area contributed by atoms with Gasteiger partial charge in [-0.25, -0.2) is 14.4 Å². The average Bonchev–Trinajstić information content (AvgIpc) is 2.93. The van der Waals surface area contributed by atoms with Gasteiger partial charge in [-0.15, -0.1) is 0 Å². The van der Waals surface area contributed by atoms with E-state index in [1.165, 1.54) is 19.2 Å². The Morgan fingerprint density at radius 2 is 1.76 bits per heavy atom. The minimum atomic E-state index is -1.94. The van der Waals surface area contributed by atoms with Crippen molar-refractivity contribution in [1.29, 1.82) is 0 Å². The number of benzene rings is 1. The van der Waals surface area contributed by atoms with Gasteiger partial charge in [0.05, 0.1) is 25.3 Å². The molecule has 1 atom stereocenters. The molecule has 7 heteroatoms. The van der Waals surface area contributed by atoms with Crippen LogP contribution in [0.5, 0.6) is 0 Å². The molecule has 0 saturated heterocycles. The van der Waals surface area contributed by atoms with E-state index in [0.717, 1.165) is 7.11 Å².